The van der Waals surface area contributed by atoms with Gasteiger partial charge < -0.3 is 4.90 Å². The smallest absolute Gasteiger partial charge is 0.113 e. The van der Waals surface area contributed by atoms with Crippen molar-refractivity contribution >= 4 is 6.34 Å². The molecule has 1 heterocycles. The molecule has 0 aliphatic carbocycles. The highest BCUT2D eigenvalue weighted by Crippen LogP contribution is 1.95. The normalized spacial score (nSPS) is 26.2. The van der Waals surface area contributed by atoms with Crippen LogP contribution in [0.25, 0.3) is 0 Å². The lowest BCUT2D eigenvalue weighted by Gasteiger charge is -2.16. The Morgan fingerprint density at radius 3 is 2.88 bits per heavy atom. The first-order valence-electron chi connectivity index (χ1n) is 2.89. The highest BCUT2D eigenvalue weighted by atomic mass is 15.5. The van der Waals surface area contributed by atoms with Gasteiger partial charge in [-0.25, -0.2) is 0 Å². The van der Waals surface area contributed by atoms with E-state index in [0.717, 1.165) is 6.54 Å². The third-order valence-electron chi connectivity index (χ3n) is 1.33. The van der Waals surface area contributed by atoms with E-state index in [2.05, 4.69) is 29.3 Å². The summed E-state index contributed by atoms with van der Waals surface area (Å²) in [5.41, 5.74) is 2.92. The quantitative estimate of drug-likeness (QED) is 0.526. The van der Waals surface area contributed by atoms with E-state index in [1.165, 1.54) is 0 Å². The molecular formula is C5H11N3. The Bertz CT molecular complexity index is 99.8. The summed E-state index contributed by atoms with van der Waals surface area (Å²) in [6, 6.07) is 0. The second-order valence-electron chi connectivity index (χ2n) is 1.88. The number of rotatable bonds is 1. The molecule has 1 aliphatic heterocycles. The van der Waals surface area contributed by atoms with E-state index in [0.29, 0.717) is 6.17 Å². The summed E-state index contributed by atoms with van der Waals surface area (Å²) in [5.74, 6) is 0. The minimum absolute atomic E-state index is 0.389. The highest BCUT2D eigenvalue weighted by Gasteiger charge is 2.10. The van der Waals surface area contributed by atoms with Gasteiger partial charge in [0, 0.05) is 6.54 Å². The van der Waals surface area contributed by atoms with Crippen LogP contribution in [-0.2, 0) is 0 Å². The van der Waals surface area contributed by atoms with E-state index in [1.54, 1.807) is 0 Å². The first-order chi connectivity index (χ1) is 3.84. The molecule has 0 aromatic rings. The minimum atomic E-state index is 0.389. The van der Waals surface area contributed by atoms with Crippen molar-refractivity contribution in [2.24, 2.45) is 5.10 Å². The maximum absolute atomic E-state index is 3.87. The maximum Gasteiger partial charge on any atom is 0.113 e. The Morgan fingerprint density at radius 2 is 2.62 bits per heavy atom. The number of hydrogen-bond donors (Lipinski definition) is 1. The van der Waals surface area contributed by atoms with Crippen LogP contribution in [0, 0.1) is 0 Å². The Hall–Kier alpha value is -0.730. The number of hydrazone groups is 1. The summed E-state index contributed by atoms with van der Waals surface area (Å²) in [4.78, 5) is 2.12. The number of nitrogens with zero attached hydrogens (tertiary/aromatic N) is 2. The topological polar surface area (TPSA) is 27.6 Å². The van der Waals surface area contributed by atoms with Gasteiger partial charge in [-0.05, 0) is 13.8 Å². The van der Waals surface area contributed by atoms with Crippen LogP contribution in [-0.4, -0.2) is 23.9 Å². The Labute approximate surface area is 49.4 Å². The molecule has 46 valence electrons. The van der Waals surface area contributed by atoms with E-state index in [4.69, 9.17) is 0 Å². The van der Waals surface area contributed by atoms with E-state index in [1.807, 2.05) is 6.34 Å². The Kier molecular flexibility index (Phi) is 1.37. The molecule has 0 saturated carbocycles. The van der Waals surface area contributed by atoms with Crippen molar-refractivity contribution in [2.75, 3.05) is 6.54 Å². The summed E-state index contributed by atoms with van der Waals surface area (Å²) in [6.07, 6.45) is 2.21. The molecule has 0 saturated heterocycles. The van der Waals surface area contributed by atoms with Crippen molar-refractivity contribution in [2.45, 2.75) is 20.0 Å². The second-order valence-corrected chi connectivity index (χ2v) is 1.88. The van der Waals surface area contributed by atoms with E-state index in [9.17, 15) is 0 Å². The molecule has 0 bridgehead atoms. The summed E-state index contributed by atoms with van der Waals surface area (Å²) < 4.78 is 0. The van der Waals surface area contributed by atoms with Crippen molar-refractivity contribution in [3.63, 3.8) is 0 Å². The number of nitrogens with one attached hydrogen (secondary N) is 1. The average molecular weight is 113 g/mol. The van der Waals surface area contributed by atoms with Gasteiger partial charge in [0.05, 0.1) is 0 Å². The monoisotopic (exact) mass is 113 g/mol. The van der Waals surface area contributed by atoms with Gasteiger partial charge in [0.2, 0.25) is 0 Å². The molecule has 1 N–H and O–H groups in total. The van der Waals surface area contributed by atoms with Crippen LogP contribution in [0.5, 0.6) is 0 Å². The zero-order valence-corrected chi connectivity index (χ0v) is 5.26. The van der Waals surface area contributed by atoms with Gasteiger partial charge in [0.1, 0.15) is 12.5 Å². The fourth-order valence-corrected chi connectivity index (χ4v) is 0.745. The second kappa shape index (κ2) is 2.03. The van der Waals surface area contributed by atoms with Gasteiger partial charge in [0.15, 0.2) is 0 Å². The molecule has 0 radical (unpaired) electrons. The summed E-state index contributed by atoms with van der Waals surface area (Å²) >= 11 is 0. The van der Waals surface area contributed by atoms with Gasteiger partial charge >= 0.3 is 0 Å². The molecule has 8 heavy (non-hydrogen) atoms. The lowest BCUT2D eigenvalue weighted by Crippen LogP contribution is -2.33. The molecule has 0 amide bonds. The third kappa shape index (κ3) is 0.757. The molecule has 3 nitrogen and oxygen atoms in total. The average Bonchev–Trinajstić information content (AvgIpc) is 2.14. The van der Waals surface area contributed by atoms with Crippen molar-refractivity contribution < 1.29 is 0 Å². The maximum atomic E-state index is 3.87. The van der Waals surface area contributed by atoms with E-state index < -0.39 is 0 Å². The van der Waals surface area contributed by atoms with Gasteiger partial charge in [-0.15, -0.1) is 0 Å². The van der Waals surface area contributed by atoms with Crippen LogP contribution in [0.15, 0.2) is 5.10 Å². The van der Waals surface area contributed by atoms with Gasteiger partial charge in [-0.3, -0.25) is 5.43 Å². The van der Waals surface area contributed by atoms with Gasteiger partial charge in [-0.1, -0.05) is 0 Å². The Balaban J connectivity index is 2.41. The van der Waals surface area contributed by atoms with E-state index >= 15 is 0 Å². The van der Waals surface area contributed by atoms with Crippen LogP contribution < -0.4 is 5.43 Å². The van der Waals surface area contributed by atoms with Crippen LogP contribution >= 0.6 is 0 Å². The van der Waals surface area contributed by atoms with Gasteiger partial charge in [0.25, 0.3) is 0 Å². The zero-order valence-electron chi connectivity index (χ0n) is 5.26. The SMILES string of the molecule is CCN1C=NNC1C. The lowest BCUT2D eigenvalue weighted by molar-refractivity contribution is 0.341. The molecule has 0 aromatic heterocycles. The van der Waals surface area contributed by atoms with Crippen molar-refractivity contribution in [1.29, 1.82) is 0 Å². The Morgan fingerprint density at radius 1 is 1.88 bits per heavy atom. The predicted octanol–water partition coefficient (Wildman–Crippen LogP) is 0.201. The first-order valence-corrected chi connectivity index (χ1v) is 2.89. The summed E-state index contributed by atoms with van der Waals surface area (Å²) in [7, 11) is 0. The minimum Gasteiger partial charge on any atom is -0.340 e. The molecule has 3 heteroatoms. The molecule has 0 spiro atoms. The molecule has 0 fully saturated rings. The van der Waals surface area contributed by atoms with Gasteiger partial charge in [-0.2, -0.15) is 5.10 Å². The third-order valence-corrected chi connectivity index (χ3v) is 1.33. The molecule has 1 rings (SSSR count). The standard InChI is InChI=1S/C5H11N3/c1-3-8-4-6-7-5(8)2/h4-5,7H,3H2,1-2H3. The first kappa shape index (κ1) is 5.41. The van der Waals surface area contributed by atoms with Crippen molar-refractivity contribution in [3.8, 4) is 0 Å². The van der Waals surface area contributed by atoms with Crippen molar-refractivity contribution in [1.82, 2.24) is 10.3 Å². The molecular weight excluding hydrogens is 102 g/mol. The fourth-order valence-electron chi connectivity index (χ4n) is 0.745. The number of hydrogen-bond acceptors (Lipinski definition) is 3. The summed E-state index contributed by atoms with van der Waals surface area (Å²) in [6.45, 7) is 5.21. The van der Waals surface area contributed by atoms with Crippen molar-refractivity contribution in [3.05, 3.63) is 0 Å². The fraction of sp³-hybridized carbons (Fsp3) is 0.800. The van der Waals surface area contributed by atoms with Crippen LogP contribution in [0.2, 0.25) is 0 Å². The van der Waals surface area contributed by atoms with E-state index in [-0.39, 0.29) is 0 Å². The summed E-state index contributed by atoms with van der Waals surface area (Å²) in [5, 5.41) is 3.87. The lowest BCUT2D eigenvalue weighted by atomic mass is 10.5. The zero-order chi connectivity index (χ0) is 5.98. The highest BCUT2D eigenvalue weighted by molar-refractivity contribution is 5.56. The molecule has 0 aromatic carbocycles. The van der Waals surface area contributed by atoms with Crippen LogP contribution in [0.3, 0.4) is 0 Å². The van der Waals surface area contributed by atoms with Crippen LogP contribution in [0.4, 0.5) is 0 Å². The largest absolute Gasteiger partial charge is 0.340 e. The molecule has 1 aliphatic rings. The predicted molar refractivity (Wildman–Crippen MR) is 33.5 cm³/mol. The van der Waals surface area contributed by atoms with Crippen LogP contribution in [0.1, 0.15) is 13.8 Å². The molecule has 1 atom stereocenters. The molecule has 1 unspecified atom stereocenters.